The summed E-state index contributed by atoms with van der Waals surface area (Å²) in [6, 6.07) is 8.19. The molecule has 0 heterocycles. The molecule has 2 nitrogen and oxygen atoms in total. The van der Waals surface area contributed by atoms with E-state index < -0.39 is 0 Å². The predicted octanol–water partition coefficient (Wildman–Crippen LogP) is 3.64. The molecule has 2 heteroatoms. The fourth-order valence-corrected chi connectivity index (χ4v) is 2.43. The summed E-state index contributed by atoms with van der Waals surface area (Å²) in [6.07, 6.45) is 9.59. The molecule has 0 spiro atoms. The van der Waals surface area contributed by atoms with E-state index in [0.717, 1.165) is 11.3 Å². The van der Waals surface area contributed by atoms with Crippen molar-refractivity contribution in [1.29, 1.82) is 0 Å². The molecule has 1 aromatic rings. The fraction of sp³-hybridized carbons (Fsp3) is 0.600. The monoisotopic (exact) mass is 233 g/mol. The Morgan fingerprint density at radius 2 is 1.53 bits per heavy atom. The summed E-state index contributed by atoms with van der Waals surface area (Å²) in [7, 11) is 0. The molecule has 0 saturated heterocycles. The van der Waals surface area contributed by atoms with Gasteiger partial charge in [0.15, 0.2) is 0 Å². The van der Waals surface area contributed by atoms with E-state index in [9.17, 15) is 0 Å². The van der Waals surface area contributed by atoms with Crippen molar-refractivity contribution in [2.24, 2.45) is 5.73 Å². The molecule has 2 N–H and O–H groups in total. The van der Waals surface area contributed by atoms with E-state index in [-0.39, 0.29) is 0 Å². The molecule has 1 saturated carbocycles. The minimum absolute atomic E-state index is 0.416. The molecule has 1 aliphatic rings. The zero-order chi connectivity index (χ0) is 11.9. The van der Waals surface area contributed by atoms with Gasteiger partial charge in [0.1, 0.15) is 5.75 Å². The second-order valence-corrected chi connectivity index (χ2v) is 4.93. The van der Waals surface area contributed by atoms with Gasteiger partial charge in [-0.05, 0) is 43.4 Å². The molecule has 17 heavy (non-hydrogen) atoms. The van der Waals surface area contributed by atoms with Gasteiger partial charge in [-0.2, -0.15) is 0 Å². The van der Waals surface area contributed by atoms with Crippen molar-refractivity contribution in [3.63, 3.8) is 0 Å². The normalized spacial score (nSPS) is 18.4. The van der Waals surface area contributed by atoms with Crippen molar-refractivity contribution in [3.8, 4) is 5.75 Å². The van der Waals surface area contributed by atoms with E-state index in [1.165, 1.54) is 44.9 Å². The third kappa shape index (κ3) is 4.04. The smallest absolute Gasteiger partial charge is 0.119 e. The lowest BCUT2D eigenvalue weighted by molar-refractivity contribution is 0.166. The third-order valence-corrected chi connectivity index (χ3v) is 3.51. The molecule has 94 valence electrons. The summed E-state index contributed by atoms with van der Waals surface area (Å²) in [5, 5.41) is 0. The molecule has 0 aliphatic heterocycles. The lowest BCUT2D eigenvalue weighted by Crippen LogP contribution is -2.17. The SMILES string of the molecule is NCc1ccc(OC2CCCCCCC2)cc1. The van der Waals surface area contributed by atoms with Crippen molar-refractivity contribution in [3.05, 3.63) is 29.8 Å². The van der Waals surface area contributed by atoms with Crippen LogP contribution < -0.4 is 10.5 Å². The highest BCUT2D eigenvalue weighted by molar-refractivity contribution is 5.27. The lowest BCUT2D eigenvalue weighted by Gasteiger charge is -2.21. The maximum Gasteiger partial charge on any atom is 0.119 e. The average Bonchev–Trinajstić information content (AvgIpc) is 2.33. The highest BCUT2D eigenvalue weighted by Crippen LogP contribution is 2.22. The number of hydrogen-bond donors (Lipinski definition) is 1. The Hall–Kier alpha value is -1.02. The van der Waals surface area contributed by atoms with Crippen LogP contribution in [0.1, 0.15) is 50.5 Å². The van der Waals surface area contributed by atoms with Crippen molar-refractivity contribution in [2.75, 3.05) is 0 Å². The Balaban J connectivity index is 1.88. The summed E-state index contributed by atoms with van der Waals surface area (Å²) in [5.41, 5.74) is 6.74. The summed E-state index contributed by atoms with van der Waals surface area (Å²) >= 11 is 0. The first-order chi connectivity index (χ1) is 8.38. The van der Waals surface area contributed by atoms with Crippen LogP contribution in [0.5, 0.6) is 5.75 Å². The Morgan fingerprint density at radius 1 is 0.941 bits per heavy atom. The molecule has 1 aliphatic carbocycles. The second-order valence-electron chi connectivity index (χ2n) is 4.93. The molecule has 0 bridgehead atoms. The van der Waals surface area contributed by atoms with Gasteiger partial charge in [-0.1, -0.05) is 31.4 Å². The van der Waals surface area contributed by atoms with Gasteiger partial charge in [-0.25, -0.2) is 0 Å². The van der Waals surface area contributed by atoms with Gasteiger partial charge in [0.2, 0.25) is 0 Å². The Morgan fingerprint density at radius 3 is 2.12 bits per heavy atom. The van der Waals surface area contributed by atoms with Crippen molar-refractivity contribution in [1.82, 2.24) is 0 Å². The third-order valence-electron chi connectivity index (χ3n) is 3.51. The van der Waals surface area contributed by atoms with Crippen molar-refractivity contribution in [2.45, 2.75) is 57.6 Å². The molecular formula is C15H23NO. The molecule has 0 radical (unpaired) electrons. The average molecular weight is 233 g/mol. The molecular weight excluding hydrogens is 210 g/mol. The van der Waals surface area contributed by atoms with E-state index in [4.69, 9.17) is 10.5 Å². The first kappa shape index (κ1) is 12.4. The van der Waals surface area contributed by atoms with Gasteiger partial charge in [-0.15, -0.1) is 0 Å². The number of nitrogens with two attached hydrogens (primary N) is 1. The minimum Gasteiger partial charge on any atom is -0.490 e. The summed E-state index contributed by atoms with van der Waals surface area (Å²) in [5.74, 6) is 0.993. The maximum atomic E-state index is 6.05. The summed E-state index contributed by atoms with van der Waals surface area (Å²) in [4.78, 5) is 0. The molecule has 1 fully saturated rings. The number of benzene rings is 1. The van der Waals surface area contributed by atoms with Crippen LogP contribution in [0, 0.1) is 0 Å². The molecule has 0 atom stereocenters. The quantitative estimate of drug-likeness (QED) is 0.865. The van der Waals surface area contributed by atoms with Crippen LogP contribution >= 0.6 is 0 Å². The van der Waals surface area contributed by atoms with Gasteiger partial charge in [0, 0.05) is 6.54 Å². The van der Waals surface area contributed by atoms with E-state index in [0.29, 0.717) is 12.6 Å². The lowest BCUT2D eigenvalue weighted by atomic mass is 9.98. The van der Waals surface area contributed by atoms with Crippen molar-refractivity contribution < 1.29 is 4.74 Å². The van der Waals surface area contributed by atoms with Crippen LogP contribution in [0.2, 0.25) is 0 Å². The fourth-order valence-electron chi connectivity index (χ4n) is 2.43. The van der Waals surface area contributed by atoms with Gasteiger partial charge in [0.25, 0.3) is 0 Å². The van der Waals surface area contributed by atoms with Gasteiger partial charge < -0.3 is 10.5 Å². The minimum atomic E-state index is 0.416. The Bertz CT molecular complexity index is 312. The maximum absolute atomic E-state index is 6.05. The highest BCUT2D eigenvalue weighted by atomic mass is 16.5. The standard InChI is InChI=1S/C15H23NO/c16-12-13-8-10-15(11-9-13)17-14-6-4-2-1-3-5-7-14/h8-11,14H,1-7,12,16H2. The molecule has 0 amide bonds. The van der Waals surface area contributed by atoms with Crippen LogP contribution in [0.3, 0.4) is 0 Å². The first-order valence-electron chi connectivity index (χ1n) is 6.84. The zero-order valence-corrected chi connectivity index (χ0v) is 10.5. The molecule has 1 aromatic carbocycles. The van der Waals surface area contributed by atoms with Gasteiger partial charge >= 0.3 is 0 Å². The number of hydrogen-bond acceptors (Lipinski definition) is 2. The number of ether oxygens (including phenoxy) is 1. The largest absolute Gasteiger partial charge is 0.490 e. The van der Waals surface area contributed by atoms with E-state index in [2.05, 4.69) is 12.1 Å². The Labute approximate surface area is 104 Å². The van der Waals surface area contributed by atoms with E-state index in [1.807, 2.05) is 12.1 Å². The Kier molecular flexibility index (Phi) is 4.87. The van der Waals surface area contributed by atoms with Crippen LogP contribution in [0.25, 0.3) is 0 Å². The molecule has 0 aromatic heterocycles. The topological polar surface area (TPSA) is 35.2 Å². The van der Waals surface area contributed by atoms with Crippen LogP contribution in [0.4, 0.5) is 0 Å². The first-order valence-corrected chi connectivity index (χ1v) is 6.84. The molecule has 2 rings (SSSR count). The van der Waals surface area contributed by atoms with Crippen LogP contribution in [0.15, 0.2) is 24.3 Å². The van der Waals surface area contributed by atoms with E-state index >= 15 is 0 Å². The van der Waals surface area contributed by atoms with Gasteiger partial charge in [0.05, 0.1) is 6.10 Å². The van der Waals surface area contributed by atoms with Crippen LogP contribution in [-0.2, 0) is 6.54 Å². The zero-order valence-electron chi connectivity index (χ0n) is 10.5. The van der Waals surface area contributed by atoms with E-state index in [1.54, 1.807) is 0 Å². The number of rotatable bonds is 3. The highest BCUT2D eigenvalue weighted by Gasteiger charge is 2.12. The summed E-state index contributed by atoms with van der Waals surface area (Å²) in [6.45, 7) is 0.601. The summed E-state index contributed by atoms with van der Waals surface area (Å²) < 4.78 is 6.05. The van der Waals surface area contributed by atoms with Crippen molar-refractivity contribution >= 4 is 0 Å². The molecule has 0 unspecified atom stereocenters. The second kappa shape index (κ2) is 6.65. The van der Waals surface area contributed by atoms with Crippen LogP contribution in [-0.4, -0.2) is 6.10 Å². The predicted molar refractivity (Wildman–Crippen MR) is 71.1 cm³/mol. The van der Waals surface area contributed by atoms with Gasteiger partial charge in [-0.3, -0.25) is 0 Å².